The summed E-state index contributed by atoms with van der Waals surface area (Å²) in [7, 11) is -1.75. The fraction of sp³-hybridized carbons (Fsp3) is 0.727. The number of rotatable bonds is 2. The Morgan fingerprint density at radius 3 is 2.33 bits per heavy atom. The minimum Gasteiger partial charge on any atom is -0.410 e. The Bertz CT molecular complexity index is 302. The van der Waals surface area contributed by atoms with E-state index in [1.807, 2.05) is 6.08 Å². The number of hydrogen-bond acceptors (Lipinski definition) is 2. The lowest BCUT2D eigenvalue weighted by Crippen LogP contribution is -2.43. The molecule has 0 bridgehead atoms. The van der Waals surface area contributed by atoms with E-state index in [0.29, 0.717) is 10.9 Å². The van der Waals surface area contributed by atoms with Crippen LogP contribution in [0.4, 0.5) is 0 Å². The number of allylic oxidation sites excluding steroid dienone is 1. The van der Waals surface area contributed by atoms with Gasteiger partial charge in [0.05, 0.1) is 10.6 Å². The van der Waals surface area contributed by atoms with Crippen molar-refractivity contribution in [3.05, 3.63) is 10.6 Å². The summed E-state index contributed by atoms with van der Waals surface area (Å²) in [5.74, 6) is 0.152. The molecule has 0 saturated heterocycles. The van der Waals surface area contributed by atoms with Gasteiger partial charge in [-0.15, -0.1) is 0 Å². The summed E-state index contributed by atoms with van der Waals surface area (Å²) in [5.41, 5.74) is 0. The van der Waals surface area contributed by atoms with Crippen molar-refractivity contribution in [3.8, 4) is 0 Å². The first kappa shape index (κ1) is 13.1. The standard InChI is InChI=1S/C11H19BrO2Si/c1-11(2,3)15(4,5)14-8-6-9(12)10(13)7-8/h6,8H,7H2,1-5H3. The zero-order valence-electron chi connectivity index (χ0n) is 10.1. The maximum absolute atomic E-state index is 11.3. The normalized spacial score (nSPS) is 23.2. The van der Waals surface area contributed by atoms with Crippen LogP contribution in [0.5, 0.6) is 0 Å². The lowest BCUT2D eigenvalue weighted by molar-refractivity contribution is -0.115. The van der Waals surface area contributed by atoms with E-state index >= 15 is 0 Å². The van der Waals surface area contributed by atoms with Crippen LogP contribution in [-0.4, -0.2) is 20.2 Å². The zero-order chi connectivity index (χ0) is 11.9. The number of hydrogen-bond donors (Lipinski definition) is 0. The van der Waals surface area contributed by atoms with E-state index in [2.05, 4.69) is 49.8 Å². The third kappa shape index (κ3) is 3.01. The van der Waals surface area contributed by atoms with E-state index in [0.717, 1.165) is 0 Å². The maximum Gasteiger partial charge on any atom is 0.192 e. The number of carbonyl (C=O) groups is 1. The smallest absolute Gasteiger partial charge is 0.192 e. The van der Waals surface area contributed by atoms with Gasteiger partial charge in [-0.2, -0.15) is 0 Å². The second-order valence-corrected chi connectivity index (χ2v) is 11.2. The molecule has 4 heteroatoms. The fourth-order valence-corrected chi connectivity index (χ4v) is 2.94. The molecule has 86 valence electrons. The van der Waals surface area contributed by atoms with Crippen LogP contribution in [0.1, 0.15) is 27.2 Å². The Morgan fingerprint density at radius 2 is 2.00 bits per heavy atom. The summed E-state index contributed by atoms with van der Waals surface area (Å²) in [6, 6.07) is 0. The average Bonchev–Trinajstić information content (AvgIpc) is 2.27. The molecule has 0 heterocycles. The molecule has 0 spiro atoms. The average molecular weight is 291 g/mol. The summed E-state index contributed by atoms with van der Waals surface area (Å²) >= 11 is 3.25. The molecule has 0 radical (unpaired) electrons. The predicted molar refractivity (Wildman–Crippen MR) is 68.7 cm³/mol. The molecule has 0 aromatic rings. The van der Waals surface area contributed by atoms with Gasteiger partial charge in [0.1, 0.15) is 0 Å². The van der Waals surface area contributed by atoms with Crippen LogP contribution in [-0.2, 0) is 9.22 Å². The van der Waals surface area contributed by atoms with Gasteiger partial charge < -0.3 is 4.43 Å². The predicted octanol–water partition coefficient (Wildman–Crippen LogP) is 3.63. The minimum atomic E-state index is -1.75. The first-order valence-electron chi connectivity index (χ1n) is 5.22. The lowest BCUT2D eigenvalue weighted by atomic mass is 10.2. The Hall–Kier alpha value is 0.0669. The highest BCUT2D eigenvalue weighted by Crippen LogP contribution is 2.38. The molecule has 1 aliphatic rings. The molecule has 0 aromatic carbocycles. The highest BCUT2D eigenvalue weighted by Gasteiger charge is 2.40. The van der Waals surface area contributed by atoms with E-state index < -0.39 is 8.32 Å². The van der Waals surface area contributed by atoms with Crippen molar-refractivity contribution in [2.45, 2.75) is 51.4 Å². The molecule has 0 N–H and O–H groups in total. The SMILES string of the molecule is CC(C)(C)[Si](C)(C)OC1C=C(Br)C(=O)C1. The molecule has 1 rings (SSSR count). The summed E-state index contributed by atoms with van der Waals surface area (Å²) in [5, 5.41) is 0.193. The molecule has 0 amide bonds. The molecular weight excluding hydrogens is 272 g/mol. The fourth-order valence-electron chi connectivity index (χ4n) is 1.23. The third-order valence-electron chi connectivity index (χ3n) is 3.24. The van der Waals surface area contributed by atoms with Gasteiger partial charge in [0, 0.05) is 6.42 Å². The minimum absolute atomic E-state index is 0.0206. The molecule has 1 unspecified atom stereocenters. The lowest BCUT2D eigenvalue weighted by Gasteiger charge is -2.37. The van der Waals surface area contributed by atoms with Crippen molar-refractivity contribution >= 4 is 30.0 Å². The van der Waals surface area contributed by atoms with Crippen molar-refractivity contribution in [2.75, 3.05) is 0 Å². The molecule has 1 aliphatic carbocycles. The van der Waals surface area contributed by atoms with Crippen molar-refractivity contribution in [1.29, 1.82) is 0 Å². The number of carbonyl (C=O) groups excluding carboxylic acids is 1. The van der Waals surface area contributed by atoms with Crippen molar-refractivity contribution < 1.29 is 9.22 Å². The van der Waals surface area contributed by atoms with Gasteiger partial charge in [0.15, 0.2) is 14.1 Å². The van der Waals surface area contributed by atoms with E-state index in [1.54, 1.807) is 0 Å². The second-order valence-electron chi connectivity index (χ2n) is 5.56. The molecule has 1 atom stereocenters. The van der Waals surface area contributed by atoms with Crippen LogP contribution < -0.4 is 0 Å². The molecule has 15 heavy (non-hydrogen) atoms. The first-order valence-corrected chi connectivity index (χ1v) is 8.92. The molecule has 0 aliphatic heterocycles. The van der Waals surface area contributed by atoms with Crippen LogP contribution in [0, 0.1) is 0 Å². The second kappa shape index (κ2) is 4.15. The maximum atomic E-state index is 11.3. The van der Waals surface area contributed by atoms with Crippen LogP contribution in [0.15, 0.2) is 10.6 Å². The van der Waals surface area contributed by atoms with E-state index in [-0.39, 0.29) is 16.9 Å². The molecular formula is C11H19BrO2Si. The topological polar surface area (TPSA) is 26.3 Å². The van der Waals surface area contributed by atoms with Gasteiger partial charge >= 0.3 is 0 Å². The van der Waals surface area contributed by atoms with Crippen LogP contribution in [0.3, 0.4) is 0 Å². The highest BCUT2D eigenvalue weighted by atomic mass is 79.9. The first-order chi connectivity index (χ1) is 6.63. The third-order valence-corrected chi connectivity index (χ3v) is 8.45. The van der Waals surface area contributed by atoms with E-state index in [9.17, 15) is 4.79 Å². The van der Waals surface area contributed by atoms with Crippen molar-refractivity contribution in [2.24, 2.45) is 0 Å². The van der Waals surface area contributed by atoms with Crippen LogP contribution in [0.2, 0.25) is 18.1 Å². The summed E-state index contributed by atoms with van der Waals surface area (Å²) in [6.45, 7) is 11.0. The Morgan fingerprint density at radius 1 is 1.47 bits per heavy atom. The highest BCUT2D eigenvalue weighted by molar-refractivity contribution is 9.12. The van der Waals surface area contributed by atoms with Crippen LogP contribution in [0.25, 0.3) is 0 Å². The zero-order valence-corrected chi connectivity index (χ0v) is 12.6. The van der Waals surface area contributed by atoms with Gasteiger partial charge in [-0.1, -0.05) is 20.8 Å². The van der Waals surface area contributed by atoms with Gasteiger partial charge in [0.2, 0.25) is 0 Å². The molecule has 0 aromatic heterocycles. The number of ketones is 1. The Balaban J connectivity index is 2.69. The Labute approximate surface area is 101 Å². The quantitative estimate of drug-likeness (QED) is 0.726. The molecule has 0 saturated carbocycles. The molecule has 0 fully saturated rings. The van der Waals surface area contributed by atoms with Crippen molar-refractivity contribution in [3.63, 3.8) is 0 Å². The van der Waals surface area contributed by atoms with Crippen LogP contribution >= 0.6 is 15.9 Å². The molecule has 2 nitrogen and oxygen atoms in total. The van der Waals surface area contributed by atoms with Gasteiger partial charge in [-0.05, 0) is 40.1 Å². The van der Waals surface area contributed by atoms with E-state index in [4.69, 9.17) is 4.43 Å². The van der Waals surface area contributed by atoms with Gasteiger partial charge in [-0.25, -0.2) is 0 Å². The van der Waals surface area contributed by atoms with Gasteiger partial charge in [0.25, 0.3) is 0 Å². The summed E-state index contributed by atoms with van der Waals surface area (Å²) in [4.78, 5) is 11.3. The number of Topliss-reactive ketones (excluding diaryl/α,β-unsaturated/α-hetero) is 1. The Kier molecular flexibility index (Phi) is 3.63. The number of halogens is 1. The summed E-state index contributed by atoms with van der Waals surface area (Å²) < 4.78 is 6.79. The largest absolute Gasteiger partial charge is 0.410 e. The summed E-state index contributed by atoms with van der Waals surface area (Å²) in [6.07, 6.45) is 2.36. The van der Waals surface area contributed by atoms with Crippen molar-refractivity contribution in [1.82, 2.24) is 0 Å². The van der Waals surface area contributed by atoms with E-state index in [1.165, 1.54) is 0 Å². The monoisotopic (exact) mass is 290 g/mol. The van der Waals surface area contributed by atoms with Gasteiger partial charge in [-0.3, -0.25) is 4.79 Å².